The molecular formula is C29H25N3O3S. The number of thioether (sulfide) groups is 1. The van der Waals surface area contributed by atoms with Crippen molar-refractivity contribution in [3.63, 3.8) is 0 Å². The van der Waals surface area contributed by atoms with Crippen molar-refractivity contribution in [3.8, 4) is 0 Å². The van der Waals surface area contributed by atoms with Crippen LogP contribution in [-0.4, -0.2) is 29.3 Å². The van der Waals surface area contributed by atoms with Crippen LogP contribution >= 0.6 is 11.8 Å². The minimum absolute atomic E-state index is 0.370. The van der Waals surface area contributed by atoms with E-state index < -0.39 is 23.4 Å². The van der Waals surface area contributed by atoms with E-state index >= 15 is 0 Å². The minimum Gasteiger partial charge on any atom is -0.324 e. The van der Waals surface area contributed by atoms with Gasteiger partial charge in [0.15, 0.2) is 0 Å². The number of fused-ring (bicyclic) bond motifs is 1. The summed E-state index contributed by atoms with van der Waals surface area (Å²) in [5.41, 5.74) is 1.25. The second kappa shape index (κ2) is 9.87. The van der Waals surface area contributed by atoms with Gasteiger partial charge in [-0.3, -0.25) is 14.5 Å². The number of hydrogen-bond acceptors (Lipinski definition) is 4. The van der Waals surface area contributed by atoms with Gasteiger partial charge in [-0.1, -0.05) is 78.9 Å². The normalized spacial score (nSPS) is 17.3. The Morgan fingerprint density at radius 2 is 1.58 bits per heavy atom. The van der Waals surface area contributed by atoms with Crippen molar-refractivity contribution in [1.82, 2.24) is 10.2 Å². The first kappa shape index (κ1) is 23.6. The molecule has 180 valence electrons. The molecule has 7 heteroatoms. The van der Waals surface area contributed by atoms with Crippen LogP contribution in [0.3, 0.4) is 0 Å². The lowest BCUT2D eigenvalue weighted by molar-refractivity contribution is -0.133. The molecule has 0 aromatic heterocycles. The maximum Gasteiger partial charge on any atom is 0.325 e. The highest BCUT2D eigenvalue weighted by molar-refractivity contribution is 7.98. The van der Waals surface area contributed by atoms with Crippen LogP contribution in [-0.2, 0) is 20.9 Å². The predicted molar refractivity (Wildman–Crippen MR) is 143 cm³/mol. The number of anilines is 1. The Labute approximate surface area is 213 Å². The average Bonchev–Trinajstić information content (AvgIpc) is 3.12. The van der Waals surface area contributed by atoms with Gasteiger partial charge in [0.2, 0.25) is 5.91 Å². The summed E-state index contributed by atoms with van der Waals surface area (Å²) in [4.78, 5) is 40.9. The zero-order valence-corrected chi connectivity index (χ0v) is 20.5. The zero-order valence-electron chi connectivity index (χ0n) is 19.7. The molecule has 1 fully saturated rings. The molecule has 0 saturated carbocycles. The molecule has 4 aromatic rings. The van der Waals surface area contributed by atoms with Crippen molar-refractivity contribution in [3.05, 3.63) is 108 Å². The standard InChI is InChI=1S/C29H25N3O3S/c1-29(23-16-15-21-11-5-6-12-22(21)17-23)27(34)32(28(35)31-29)18-26(33)30-24-13-7-8-14-25(24)36-19-20-9-3-2-4-10-20/h2-17H,18-19H2,1H3,(H,30,33)(H,31,35)/t29-/m1/s1. The maximum atomic E-state index is 13.3. The molecule has 0 aliphatic carbocycles. The first-order valence-electron chi connectivity index (χ1n) is 11.6. The summed E-state index contributed by atoms with van der Waals surface area (Å²) in [5, 5.41) is 7.67. The Balaban J connectivity index is 1.29. The second-order valence-corrected chi connectivity index (χ2v) is 9.84. The highest BCUT2D eigenvalue weighted by Crippen LogP contribution is 2.32. The summed E-state index contributed by atoms with van der Waals surface area (Å²) >= 11 is 1.61. The summed E-state index contributed by atoms with van der Waals surface area (Å²) in [6.45, 7) is 1.30. The van der Waals surface area contributed by atoms with E-state index in [1.54, 1.807) is 18.7 Å². The van der Waals surface area contributed by atoms with Crippen LogP contribution in [0.4, 0.5) is 10.5 Å². The molecule has 1 aliphatic rings. The van der Waals surface area contributed by atoms with Gasteiger partial charge >= 0.3 is 6.03 Å². The van der Waals surface area contributed by atoms with E-state index in [0.717, 1.165) is 26.3 Å². The third-order valence-electron chi connectivity index (χ3n) is 6.30. The molecule has 1 heterocycles. The van der Waals surface area contributed by atoms with E-state index in [1.165, 1.54) is 5.56 Å². The number of carbonyl (C=O) groups excluding carboxylic acids is 3. The first-order chi connectivity index (χ1) is 17.4. The Morgan fingerprint density at radius 1 is 0.889 bits per heavy atom. The molecule has 1 saturated heterocycles. The molecular weight excluding hydrogens is 470 g/mol. The van der Waals surface area contributed by atoms with Crippen LogP contribution in [0.5, 0.6) is 0 Å². The topological polar surface area (TPSA) is 78.5 Å². The van der Waals surface area contributed by atoms with Gasteiger partial charge in [-0.2, -0.15) is 0 Å². The number of imide groups is 1. The van der Waals surface area contributed by atoms with Crippen molar-refractivity contribution in [2.75, 3.05) is 11.9 Å². The Bertz CT molecular complexity index is 1460. The van der Waals surface area contributed by atoms with Crippen molar-refractivity contribution < 1.29 is 14.4 Å². The zero-order chi connectivity index (χ0) is 25.1. The predicted octanol–water partition coefficient (Wildman–Crippen LogP) is 5.54. The van der Waals surface area contributed by atoms with E-state index in [0.29, 0.717) is 11.3 Å². The minimum atomic E-state index is -1.25. The molecule has 1 atom stereocenters. The van der Waals surface area contributed by atoms with Crippen LogP contribution in [0.2, 0.25) is 0 Å². The first-order valence-corrected chi connectivity index (χ1v) is 12.6. The van der Waals surface area contributed by atoms with E-state index in [4.69, 9.17) is 0 Å². The van der Waals surface area contributed by atoms with Gasteiger partial charge in [-0.05, 0) is 47.0 Å². The van der Waals surface area contributed by atoms with Gasteiger partial charge in [0.05, 0.1) is 5.69 Å². The number of nitrogens with zero attached hydrogens (tertiary/aromatic N) is 1. The van der Waals surface area contributed by atoms with Crippen molar-refractivity contribution >= 4 is 46.1 Å². The molecule has 5 rings (SSSR count). The smallest absolute Gasteiger partial charge is 0.324 e. The van der Waals surface area contributed by atoms with Gasteiger partial charge in [0.1, 0.15) is 12.1 Å². The number of urea groups is 1. The fourth-order valence-corrected chi connectivity index (χ4v) is 5.26. The fourth-order valence-electron chi connectivity index (χ4n) is 4.30. The summed E-state index contributed by atoms with van der Waals surface area (Å²) in [7, 11) is 0. The fraction of sp³-hybridized carbons (Fsp3) is 0.138. The molecule has 0 spiro atoms. The molecule has 0 unspecified atom stereocenters. The Morgan fingerprint density at radius 3 is 2.39 bits per heavy atom. The highest BCUT2D eigenvalue weighted by Gasteiger charge is 2.49. The number of para-hydroxylation sites is 1. The van der Waals surface area contributed by atoms with E-state index in [2.05, 4.69) is 22.8 Å². The van der Waals surface area contributed by atoms with Gasteiger partial charge in [-0.25, -0.2) is 4.79 Å². The number of nitrogens with one attached hydrogen (secondary N) is 2. The van der Waals surface area contributed by atoms with Crippen molar-refractivity contribution in [2.45, 2.75) is 23.1 Å². The Hall–Kier alpha value is -4.10. The van der Waals surface area contributed by atoms with Crippen LogP contribution in [0.15, 0.2) is 102 Å². The number of amides is 4. The molecule has 4 aromatic carbocycles. The van der Waals surface area contributed by atoms with Crippen LogP contribution in [0.25, 0.3) is 10.8 Å². The molecule has 4 amide bonds. The van der Waals surface area contributed by atoms with Crippen molar-refractivity contribution in [1.29, 1.82) is 0 Å². The largest absolute Gasteiger partial charge is 0.325 e. The third-order valence-corrected chi connectivity index (χ3v) is 7.45. The third kappa shape index (κ3) is 4.70. The van der Waals surface area contributed by atoms with Crippen LogP contribution in [0.1, 0.15) is 18.1 Å². The van der Waals surface area contributed by atoms with Crippen LogP contribution < -0.4 is 10.6 Å². The molecule has 36 heavy (non-hydrogen) atoms. The number of benzene rings is 4. The molecule has 1 aliphatic heterocycles. The lowest BCUT2D eigenvalue weighted by Gasteiger charge is -2.22. The summed E-state index contributed by atoms with van der Waals surface area (Å²) in [6, 6.07) is 30.5. The molecule has 2 N–H and O–H groups in total. The number of rotatable bonds is 7. The van der Waals surface area contributed by atoms with Gasteiger partial charge in [-0.15, -0.1) is 11.8 Å². The second-order valence-electron chi connectivity index (χ2n) is 8.83. The summed E-state index contributed by atoms with van der Waals surface area (Å²) in [5.74, 6) is -0.135. The van der Waals surface area contributed by atoms with E-state index in [9.17, 15) is 14.4 Å². The van der Waals surface area contributed by atoms with Gasteiger partial charge in [0, 0.05) is 10.6 Å². The summed E-state index contributed by atoms with van der Waals surface area (Å²) in [6.07, 6.45) is 0. The maximum absolute atomic E-state index is 13.3. The Kier molecular flexibility index (Phi) is 6.48. The van der Waals surface area contributed by atoms with E-state index in [-0.39, 0.29) is 6.54 Å². The lowest BCUT2D eigenvalue weighted by Crippen LogP contribution is -2.42. The molecule has 0 radical (unpaired) electrons. The van der Waals surface area contributed by atoms with Crippen LogP contribution in [0, 0.1) is 0 Å². The average molecular weight is 496 g/mol. The summed E-state index contributed by atoms with van der Waals surface area (Å²) < 4.78 is 0. The number of carbonyl (C=O) groups is 3. The van der Waals surface area contributed by atoms with Gasteiger partial charge < -0.3 is 10.6 Å². The van der Waals surface area contributed by atoms with E-state index in [1.807, 2.05) is 84.9 Å². The van der Waals surface area contributed by atoms with Crippen molar-refractivity contribution in [2.24, 2.45) is 0 Å². The number of hydrogen-bond donors (Lipinski definition) is 2. The molecule has 0 bridgehead atoms. The highest BCUT2D eigenvalue weighted by atomic mass is 32.2. The molecule has 6 nitrogen and oxygen atoms in total. The van der Waals surface area contributed by atoms with Gasteiger partial charge in [0.25, 0.3) is 5.91 Å². The lowest BCUT2D eigenvalue weighted by atomic mass is 9.90. The monoisotopic (exact) mass is 495 g/mol. The quantitative estimate of drug-likeness (QED) is 0.261. The SMILES string of the molecule is C[C@]1(c2ccc3ccccc3c2)NC(=O)N(CC(=O)Nc2ccccc2SCc2ccccc2)C1=O.